The predicted molar refractivity (Wildman–Crippen MR) is 121 cm³/mol. The van der Waals surface area contributed by atoms with Crippen LogP contribution < -0.4 is 9.47 Å². The average Bonchev–Trinajstić information content (AvgIpc) is 3.36. The lowest BCUT2D eigenvalue weighted by molar-refractivity contribution is 0.0425. The summed E-state index contributed by atoms with van der Waals surface area (Å²) < 4.78 is 48.7. The van der Waals surface area contributed by atoms with E-state index in [1.165, 1.54) is 23.5 Å². The normalized spacial score (nSPS) is 14.5. The number of carbonyl (C=O) groups is 1. The Hall–Kier alpha value is -3.44. The van der Waals surface area contributed by atoms with Gasteiger partial charge in [-0.2, -0.15) is 9.29 Å². The number of benzene rings is 2. The number of esters is 1. The Kier molecular flexibility index (Phi) is 7.13. The van der Waals surface area contributed by atoms with Crippen LogP contribution in [0.25, 0.3) is 11.4 Å². The van der Waals surface area contributed by atoms with Gasteiger partial charge < -0.3 is 18.7 Å². The van der Waals surface area contributed by atoms with E-state index in [2.05, 4.69) is 10.1 Å². The smallest absolute Gasteiger partial charge is 0.340 e. The second-order valence-corrected chi connectivity index (χ2v) is 9.52. The van der Waals surface area contributed by atoms with Gasteiger partial charge in [-0.25, -0.2) is 13.2 Å². The van der Waals surface area contributed by atoms with Crippen molar-refractivity contribution in [3.8, 4) is 22.9 Å². The molecule has 1 saturated heterocycles. The lowest BCUT2D eigenvalue weighted by atomic mass is 10.2. The number of nitrogens with zero attached hydrogens (tertiary/aromatic N) is 3. The monoisotopic (exact) mass is 487 g/mol. The van der Waals surface area contributed by atoms with Gasteiger partial charge in [0.25, 0.3) is 5.89 Å². The Morgan fingerprint density at radius 2 is 1.82 bits per heavy atom. The van der Waals surface area contributed by atoms with Crippen molar-refractivity contribution in [3.05, 3.63) is 53.9 Å². The van der Waals surface area contributed by atoms with Gasteiger partial charge in [0.05, 0.1) is 30.2 Å². The second-order valence-electron chi connectivity index (χ2n) is 7.61. The van der Waals surface area contributed by atoms with Crippen molar-refractivity contribution in [1.29, 1.82) is 0 Å². The molecule has 2 aromatic carbocycles. The van der Waals surface area contributed by atoms with Gasteiger partial charge in [-0.3, -0.25) is 0 Å². The van der Waals surface area contributed by atoms with E-state index in [1.807, 2.05) is 0 Å². The summed E-state index contributed by atoms with van der Waals surface area (Å²) in [5.74, 6) is 0.603. The first-order valence-electron chi connectivity index (χ1n) is 10.8. The third-order valence-electron chi connectivity index (χ3n) is 5.48. The highest BCUT2D eigenvalue weighted by Crippen LogP contribution is 2.31. The molecule has 0 radical (unpaired) electrons. The third kappa shape index (κ3) is 4.90. The maximum Gasteiger partial charge on any atom is 0.340 e. The molecule has 0 spiro atoms. The van der Waals surface area contributed by atoms with Crippen LogP contribution >= 0.6 is 0 Å². The molecule has 0 amide bonds. The van der Waals surface area contributed by atoms with E-state index in [0.29, 0.717) is 30.2 Å². The number of piperidine rings is 1. The molecule has 0 bridgehead atoms. The molecule has 180 valence electrons. The first-order valence-corrected chi connectivity index (χ1v) is 12.2. The average molecular weight is 488 g/mol. The van der Waals surface area contributed by atoms with Crippen LogP contribution in [0, 0.1) is 0 Å². The molecule has 0 N–H and O–H groups in total. The molecule has 11 heteroatoms. The van der Waals surface area contributed by atoms with Crippen LogP contribution in [0.4, 0.5) is 0 Å². The largest absolute Gasteiger partial charge is 0.497 e. The van der Waals surface area contributed by atoms with Crippen molar-refractivity contribution in [2.24, 2.45) is 0 Å². The first kappa shape index (κ1) is 23.7. The number of rotatable bonds is 8. The minimum Gasteiger partial charge on any atom is -0.497 e. The van der Waals surface area contributed by atoms with Crippen molar-refractivity contribution < 1.29 is 31.9 Å². The molecule has 1 aliphatic heterocycles. The zero-order valence-corrected chi connectivity index (χ0v) is 19.7. The van der Waals surface area contributed by atoms with E-state index in [4.69, 9.17) is 18.7 Å². The highest BCUT2D eigenvalue weighted by atomic mass is 32.2. The number of hydrogen-bond acceptors (Lipinski definition) is 9. The maximum absolute atomic E-state index is 13.1. The molecule has 1 fully saturated rings. The molecular weight excluding hydrogens is 462 g/mol. The van der Waals surface area contributed by atoms with Crippen molar-refractivity contribution >= 4 is 16.0 Å². The molecule has 4 rings (SSSR count). The molecule has 0 unspecified atom stereocenters. The van der Waals surface area contributed by atoms with E-state index >= 15 is 0 Å². The molecule has 0 saturated carbocycles. The minimum atomic E-state index is -3.81. The van der Waals surface area contributed by atoms with E-state index in [-0.39, 0.29) is 28.8 Å². The molecule has 0 atom stereocenters. The topological polar surface area (TPSA) is 121 Å². The van der Waals surface area contributed by atoms with Gasteiger partial charge in [0.15, 0.2) is 6.61 Å². The van der Waals surface area contributed by atoms with Gasteiger partial charge in [-0.05, 0) is 37.1 Å². The fourth-order valence-electron chi connectivity index (χ4n) is 3.72. The molecule has 0 aliphatic carbocycles. The van der Waals surface area contributed by atoms with Gasteiger partial charge >= 0.3 is 5.97 Å². The first-order chi connectivity index (χ1) is 16.4. The Morgan fingerprint density at radius 1 is 1.06 bits per heavy atom. The zero-order valence-electron chi connectivity index (χ0n) is 18.9. The summed E-state index contributed by atoms with van der Waals surface area (Å²) in [6.45, 7) is 0.555. The van der Waals surface area contributed by atoms with Crippen LogP contribution in [0.5, 0.6) is 11.5 Å². The molecule has 34 heavy (non-hydrogen) atoms. The summed E-state index contributed by atoms with van der Waals surface area (Å²) in [5, 5.41) is 3.92. The summed E-state index contributed by atoms with van der Waals surface area (Å²) in [6, 6.07) is 11.2. The Labute approximate surface area is 197 Å². The third-order valence-corrected chi connectivity index (χ3v) is 7.44. The molecule has 1 aromatic heterocycles. The van der Waals surface area contributed by atoms with Gasteiger partial charge in [-0.1, -0.05) is 23.7 Å². The summed E-state index contributed by atoms with van der Waals surface area (Å²) >= 11 is 0. The van der Waals surface area contributed by atoms with E-state index in [1.54, 1.807) is 37.4 Å². The summed E-state index contributed by atoms with van der Waals surface area (Å²) in [5.41, 5.74) is 0.534. The fraction of sp³-hybridized carbons (Fsp3) is 0.348. The number of sulfonamides is 1. The summed E-state index contributed by atoms with van der Waals surface area (Å²) in [7, 11) is -0.752. The molecule has 1 aliphatic rings. The standard InChI is InChI=1S/C23H25N3O7S/c1-30-16-10-11-17(19(14-16)31-2)22-24-21(33-25-22)15-32-23(27)18-8-4-5-9-20(18)34(28,29)26-12-6-3-7-13-26/h4-5,8-11,14H,3,6-7,12-13,15H2,1-2H3. The highest BCUT2D eigenvalue weighted by Gasteiger charge is 2.30. The maximum atomic E-state index is 13.1. The van der Waals surface area contributed by atoms with Gasteiger partial charge in [-0.15, -0.1) is 0 Å². The van der Waals surface area contributed by atoms with Crippen LogP contribution in [0.1, 0.15) is 35.5 Å². The fourth-order valence-corrected chi connectivity index (χ4v) is 5.41. The van der Waals surface area contributed by atoms with Crippen LogP contribution in [-0.2, 0) is 21.4 Å². The van der Waals surface area contributed by atoms with Gasteiger partial charge in [0.1, 0.15) is 11.5 Å². The van der Waals surface area contributed by atoms with Crippen molar-refractivity contribution in [2.45, 2.75) is 30.8 Å². The summed E-state index contributed by atoms with van der Waals surface area (Å²) in [4.78, 5) is 17.0. The second kappa shape index (κ2) is 10.2. The van der Waals surface area contributed by atoms with E-state index in [9.17, 15) is 13.2 Å². The number of aromatic nitrogens is 2. The van der Waals surface area contributed by atoms with Crippen LogP contribution in [0.15, 0.2) is 51.9 Å². The van der Waals surface area contributed by atoms with Crippen LogP contribution in [0.2, 0.25) is 0 Å². The number of ether oxygens (including phenoxy) is 3. The molecular formula is C23H25N3O7S. The van der Waals surface area contributed by atoms with Gasteiger partial charge in [0, 0.05) is 19.2 Å². The lowest BCUT2D eigenvalue weighted by Gasteiger charge is -2.26. The van der Waals surface area contributed by atoms with Crippen LogP contribution in [0.3, 0.4) is 0 Å². The Morgan fingerprint density at radius 3 is 2.56 bits per heavy atom. The number of hydrogen-bond donors (Lipinski definition) is 0. The van der Waals surface area contributed by atoms with Crippen molar-refractivity contribution in [2.75, 3.05) is 27.3 Å². The van der Waals surface area contributed by atoms with Gasteiger partial charge in [0.2, 0.25) is 15.8 Å². The molecule has 2 heterocycles. The number of methoxy groups -OCH3 is 2. The lowest BCUT2D eigenvalue weighted by Crippen LogP contribution is -2.36. The molecule has 10 nitrogen and oxygen atoms in total. The van der Waals surface area contributed by atoms with Crippen molar-refractivity contribution in [3.63, 3.8) is 0 Å². The quantitative estimate of drug-likeness (QED) is 0.441. The van der Waals surface area contributed by atoms with E-state index in [0.717, 1.165) is 19.3 Å². The highest BCUT2D eigenvalue weighted by molar-refractivity contribution is 7.89. The minimum absolute atomic E-state index is 0.0374. The Bertz CT molecular complexity index is 1270. The zero-order chi connectivity index (χ0) is 24.1. The van der Waals surface area contributed by atoms with Crippen LogP contribution in [-0.4, -0.2) is 56.1 Å². The van der Waals surface area contributed by atoms with E-state index < -0.39 is 16.0 Å². The molecule has 3 aromatic rings. The Balaban J connectivity index is 1.49. The van der Waals surface area contributed by atoms with Crippen molar-refractivity contribution in [1.82, 2.24) is 14.4 Å². The summed E-state index contributed by atoms with van der Waals surface area (Å²) in [6.07, 6.45) is 2.58. The predicted octanol–water partition coefficient (Wildman–Crippen LogP) is 3.29. The SMILES string of the molecule is COc1ccc(-c2noc(COC(=O)c3ccccc3S(=O)(=O)N3CCCCC3)n2)c(OC)c1. The number of carbonyl (C=O) groups excluding carboxylic acids is 1.